The molecule has 2 aromatic carbocycles. The van der Waals surface area contributed by atoms with Crippen LogP contribution in [0.25, 0.3) is 0 Å². The third kappa shape index (κ3) is 5.32. The Morgan fingerprint density at radius 3 is 2.35 bits per heavy atom. The SMILES string of the molecule is CCOc1ccc([C@@H](C)NC(=O)[C@@H](C)Sc2ccccc2)cc1. The standard InChI is InChI=1S/C19H23NO2S/c1-4-22-17-12-10-16(11-13-17)14(2)20-19(21)15(3)23-18-8-6-5-7-9-18/h5-15H,4H2,1-3H3,(H,20,21)/t14-,15-/m1/s1. The molecule has 122 valence electrons. The zero-order valence-electron chi connectivity index (χ0n) is 13.8. The van der Waals surface area contributed by atoms with Crippen LogP contribution in [0.2, 0.25) is 0 Å². The van der Waals surface area contributed by atoms with Crippen LogP contribution in [0.4, 0.5) is 0 Å². The number of hydrogen-bond acceptors (Lipinski definition) is 3. The average molecular weight is 329 g/mol. The predicted molar refractivity (Wildman–Crippen MR) is 95.9 cm³/mol. The van der Waals surface area contributed by atoms with Gasteiger partial charge >= 0.3 is 0 Å². The van der Waals surface area contributed by atoms with Gasteiger partial charge in [-0.15, -0.1) is 11.8 Å². The van der Waals surface area contributed by atoms with E-state index >= 15 is 0 Å². The normalized spacial score (nSPS) is 13.2. The fourth-order valence-corrected chi connectivity index (χ4v) is 3.09. The summed E-state index contributed by atoms with van der Waals surface area (Å²) in [4.78, 5) is 13.4. The fraction of sp³-hybridized carbons (Fsp3) is 0.316. The highest BCUT2D eigenvalue weighted by Crippen LogP contribution is 2.24. The van der Waals surface area contributed by atoms with Gasteiger partial charge in [0.15, 0.2) is 0 Å². The second kappa shape index (κ2) is 8.63. The topological polar surface area (TPSA) is 38.3 Å². The molecule has 0 bridgehead atoms. The maximum Gasteiger partial charge on any atom is 0.233 e. The molecule has 2 atom stereocenters. The first-order chi connectivity index (χ1) is 11.1. The highest BCUT2D eigenvalue weighted by molar-refractivity contribution is 8.00. The van der Waals surface area contributed by atoms with E-state index in [4.69, 9.17) is 4.74 Å². The lowest BCUT2D eigenvalue weighted by Crippen LogP contribution is -2.33. The summed E-state index contributed by atoms with van der Waals surface area (Å²) in [5, 5.41) is 2.93. The van der Waals surface area contributed by atoms with Crippen LogP contribution in [0.15, 0.2) is 59.5 Å². The Balaban J connectivity index is 1.90. The van der Waals surface area contributed by atoms with Gasteiger partial charge in [-0.2, -0.15) is 0 Å². The van der Waals surface area contributed by atoms with Crippen LogP contribution in [-0.4, -0.2) is 17.8 Å². The highest BCUT2D eigenvalue weighted by Gasteiger charge is 2.17. The number of nitrogens with one attached hydrogen (secondary N) is 1. The van der Waals surface area contributed by atoms with E-state index in [1.165, 1.54) is 0 Å². The van der Waals surface area contributed by atoms with E-state index in [-0.39, 0.29) is 17.2 Å². The first kappa shape index (κ1) is 17.4. The van der Waals surface area contributed by atoms with Crippen LogP contribution in [0, 0.1) is 0 Å². The average Bonchev–Trinajstić information content (AvgIpc) is 2.56. The number of hydrogen-bond donors (Lipinski definition) is 1. The number of thioether (sulfide) groups is 1. The Morgan fingerprint density at radius 1 is 1.09 bits per heavy atom. The summed E-state index contributed by atoms with van der Waals surface area (Å²) >= 11 is 1.57. The van der Waals surface area contributed by atoms with Crippen LogP contribution < -0.4 is 10.1 Å². The zero-order valence-corrected chi connectivity index (χ0v) is 14.6. The Labute approximate surface area is 142 Å². The summed E-state index contributed by atoms with van der Waals surface area (Å²) in [6.07, 6.45) is 0. The van der Waals surface area contributed by atoms with Crippen molar-refractivity contribution in [2.45, 2.75) is 37.0 Å². The number of benzene rings is 2. The van der Waals surface area contributed by atoms with Crippen molar-refractivity contribution in [3.63, 3.8) is 0 Å². The Bertz CT molecular complexity index is 613. The predicted octanol–water partition coefficient (Wildman–Crippen LogP) is 4.44. The van der Waals surface area contributed by atoms with Gasteiger partial charge in [0.05, 0.1) is 17.9 Å². The van der Waals surface area contributed by atoms with Crippen LogP contribution in [-0.2, 0) is 4.79 Å². The molecule has 0 aromatic heterocycles. The first-order valence-electron chi connectivity index (χ1n) is 7.85. The van der Waals surface area contributed by atoms with Gasteiger partial charge in [0.2, 0.25) is 5.91 Å². The van der Waals surface area contributed by atoms with E-state index in [1.807, 2.05) is 75.4 Å². The molecular weight excluding hydrogens is 306 g/mol. The van der Waals surface area contributed by atoms with Gasteiger partial charge in [-0.25, -0.2) is 0 Å². The van der Waals surface area contributed by atoms with Crippen molar-refractivity contribution in [3.05, 3.63) is 60.2 Å². The number of amides is 1. The van der Waals surface area contributed by atoms with Crippen molar-refractivity contribution >= 4 is 17.7 Å². The zero-order chi connectivity index (χ0) is 16.7. The fourth-order valence-electron chi connectivity index (χ4n) is 2.19. The van der Waals surface area contributed by atoms with Gasteiger partial charge in [0, 0.05) is 4.90 Å². The van der Waals surface area contributed by atoms with E-state index in [1.54, 1.807) is 11.8 Å². The lowest BCUT2D eigenvalue weighted by Gasteiger charge is -2.18. The van der Waals surface area contributed by atoms with Gasteiger partial charge in [0.1, 0.15) is 5.75 Å². The summed E-state index contributed by atoms with van der Waals surface area (Å²) in [5.74, 6) is 0.892. The molecule has 4 heteroatoms. The van der Waals surface area contributed by atoms with Crippen molar-refractivity contribution < 1.29 is 9.53 Å². The Kier molecular flexibility index (Phi) is 6.53. The van der Waals surface area contributed by atoms with Crippen LogP contribution in [0.5, 0.6) is 5.75 Å². The molecule has 0 aliphatic heterocycles. The van der Waals surface area contributed by atoms with Crippen LogP contribution in [0.1, 0.15) is 32.4 Å². The molecule has 2 aromatic rings. The molecule has 0 fully saturated rings. The molecule has 0 heterocycles. The number of carbonyl (C=O) groups excluding carboxylic acids is 1. The number of carbonyl (C=O) groups is 1. The van der Waals surface area contributed by atoms with Gasteiger partial charge < -0.3 is 10.1 Å². The van der Waals surface area contributed by atoms with Crippen LogP contribution >= 0.6 is 11.8 Å². The van der Waals surface area contributed by atoms with E-state index in [9.17, 15) is 4.79 Å². The third-order valence-electron chi connectivity index (χ3n) is 3.48. The third-order valence-corrected chi connectivity index (χ3v) is 4.59. The maximum absolute atomic E-state index is 12.3. The van der Waals surface area contributed by atoms with Gasteiger partial charge in [-0.1, -0.05) is 30.3 Å². The maximum atomic E-state index is 12.3. The second-order valence-corrected chi connectivity index (χ2v) is 6.72. The molecule has 0 spiro atoms. The quantitative estimate of drug-likeness (QED) is 0.763. The number of ether oxygens (including phenoxy) is 1. The molecule has 0 aliphatic rings. The molecule has 3 nitrogen and oxygen atoms in total. The minimum atomic E-state index is -0.137. The van der Waals surface area contributed by atoms with Crippen molar-refractivity contribution in [3.8, 4) is 5.75 Å². The largest absolute Gasteiger partial charge is 0.494 e. The van der Waals surface area contributed by atoms with E-state index in [0.29, 0.717) is 6.61 Å². The lowest BCUT2D eigenvalue weighted by atomic mass is 10.1. The highest BCUT2D eigenvalue weighted by atomic mass is 32.2. The molecule has 1 amide bonds. The summed E-state index contributed by atoms with van der Waals surface area (Å²) < 4.78 is 5.44. The molecule has 1 N–H and O–H groups in total. The van der Waals surface area contributed by atoms with E-state index < -0.39 is 0 Å². The van der Waals surface area contributed by atoms with E-state index in [0.717, 1.165) is 16.2 Å². The molecule has 0 saturated heterocycles. The van der Waals surface area contributed by atoms with Gasteiger partial charge in [0.25, 0.3) is 0 Å². The number of rotatable bonds is 7. The lowest BCUT2D eigenvalue weighted by molar-refractivity contribution is -0.120. The summed E-state index contributed by atoms with van der Waals surface area (Å²) in [7, 11) is 0. The molecule has 0 unspecified atom stereocenters. The molecule has 2 rings (SSSR count). The van der Waals surface area contributed by atoms with Crippen LogP contribution in [0.3, 0.4) is 0 Å². The summed E-state index contributed by atoms with van der Waals surface area (Å²) in [5.41, 5.74) is 1.07. The second-order valence-electron chi connectivity index (χ2n) is 5.31. The van der Waals surface area contributed by atoms with E-state index in [2.05, 4.69) is 5.32 Å². The first-order valence-corrected chi connectivity index (χ1v) is 8.73. The Hall–Kier alpha value is -1.94. The molecule has 0 aliphatic carbocycles. The van der Waals surface area contributed by atoms with Crippen molar-refractivity contribution in [1.82, 2.24) is 5.32 Å². The molecule has 23 heavy (non-hydrogen) atoms. The monoisotopic (exact) mass is 329 g/mol. The molecular formula is C19H23NO2S. The summed E-state index contributed by atoms with van der Waals surface area (Å²) in [6.45, 7) is 6.54. The Morgan fingerprint density at radius 2 is 1.74 bits per heavy atom. The molecule has 0 radical (unpaired) electrons. The smallest absolute Gasteiger partial charge is 0.233 e. The minimum absolute atomic E-state index is 0.0306. The van der Waals surface area contributed by atoms with Crippen molar-refractivity contribution in [1.29, 1.82) is 0 Å². The minimum Gasteiger partial charge on any atom is -0.494 e. The molecule has 0 saturated carbocycles. The van der Waals surface area contributed by atoms with Gasteiger partial charge in [-0.3, -0.25) is 4.79 Å². The van der Waals surface area contributed by atoms with Crippen molar-refractivity contribution in [2.75, 3.05) is 6.61 Å². The van der Waals surface area contributed by atoms with Crippen molar-refractivity contribution in [2.24, 2.45) is 0 Å². The summed E-state index contributed by atoms with van der Waals surface area (Å²) in [6, 6.07) is 17.8. The van der Waals surface area contributed by atoms with Gasteiger partial charge in [-0.05, 0) is 50.6 Å².